The Kier molecular flexibility index (Phi) is 5.20. The number of aryl methyl sites for hydroxylation is 1. The number of aromatic nitrogens is 2. The molecule has 0 bridgehead atoms. The third-order valence-electron chi connectivity index (χ3n) is 3.42. The van der Waals surface area contributed by atoms with E-state index in [1.165, 1.54) is 5.56 Å². The van der Waals surface area contributed by atoms with E-state index in [0.717, 1.165) is 6.42 Å². The molecule has 0 spiro atoms. The van der Waals surface area contributed by atoms with Gasteiger partial charge >= 0.3 is 6.03 Å². The van der Waals surface area contributed by atoms with E-state index in [4.69, 9.17) is 0 Å². The van der Waals surface area contributed by atoms with Crippen LogP contribution in [0.15, 0.2) is 29.2 Å². The molecule has 2 atom stereocenters. The molecule has 120 valence electrons. The van der Waals surface area contributed by atoms with Crippen LogP contribution in [-0.2, 0) is 19.1 Å². The molecule has 0 unspecified atom stereocenters. The smallest absolute Gasteiger partial charge is 0.315 e. The van der Waals surface area contributed by atoms with Crippen LogP contribution in [0.25, 0.3) is 0 Å². The van der Waals surface area contributed by atoms with E-state index in [1.54, 1.807) is 42.4 Å². The molecule has 0 aromatic carbocycles. The van der Waals surface area contributed by atoms with Crippen molar-refractivity contribution in [2.24, 2.45) is 7.05 Å². The summed E-state index contributed by atoms with van der Waals surface area (Å²) < 4.78 is 1.62. The molecule has 22 heavy (non-hydrogen) atoms. The minimum absolute atomic E-state index is 0.0259. The highest BCUT2D eigenvalue weighted by atomic mass is 32.1. The highest BCUT2D eigenvalue weighted by Gasteiger charge is 2.25. The molecule has 2 rings (SSSR count). The number of rotatable bonds is 6. The van der Waals surface area contributed by atoms with Crippen LogP contribution >= 0.6 is 11.3 Å². The maximum Gasteiger partial charge on any atom is 0.315 e. The summed E-state index contributed by atoms with van der Waals surface area (Å²) in [4.78, 5) is 11.9. The van der Waals surface area contributed by atoms with Crippen molar-refractivity contribution in [1.29, 1.82) is 0 Å². The van der Waals surface area contributed by atoms with Gasteiger partial charge in [0.2, 0.25) is 0 Å². The van der Waals surface area contributed by atoms with Crippen molar-refractivity contribution in [3.63, 3.8) is 0 Å². The summed E-state index contributed by atoms with van der Waals surface area (Å²) >= 11 is 1.64. The first-order chi connectivity index (χ1) is 10.4. The Hall–Kier alpha value is -1.86. The van der Waals surface area contributed by atoms with Crippen molar-refractivity contribution in [3.8, 4) is 0 Å². The molecule has 0 aliphatic carbocycles. The van der Waals surface area contributed by atoms with Gasteiger partial charge in [0.25, 0.3) is 0 Å². The number of amides is 2. The molecule has 2 heterocycles. The Bertz CT molecular complexity index is 607. The predicted octanol–water partition coefficient (Wildman–Crippen LogP) is 1.62. The molecule has 6 nitrogen and oxygen atoms in total. The van der Waals surface area contributed by atoms with E-state index in [0.29, 0.717) is 5.56 Å². The second kappa shape index (κ2) is 6.93. The first kappa shape index (κ1) is 16.5. The molecule has 0 aliphatic heterocycles. The van der Waals surface area contributed by atoms with E-state index in [2.05, 4.69) is 21.1 Å². The number of nitrogens with zero attached hydrogens (tertiary/aromatic N) is 2. The standard InChI is InChI=1S/C15H22N4O2S/c1-11(6-12-4-5-22-9-12)18-14(20)16-10-15(2,21)13-7-17-19(3)8-13/h4-5,7-9,11,21H,6,10H2,1-3H3,(H2,16,18,20)/t11-,15-/m0/s1. The lowest BCUT2D eigenvalue weighted by Crippen LogP contribution is -2.46. The summed E-state index contributed by atoms with van der Waals surface area (Å²) in [5, 5.41) is 24.1. The van der Waals surface area contributed by atoms with Gasteiger partial charge in [-0.25, -0.2) is 4.79 Å². The van der Waals surface area contributed by atoms with Gasteiger partial charge in [-0.05, 0) is 42.7 Å². The van der Waals surface area contributed by atoms with Crippen molar-refractivity contribution in [1.82, 2.24) is 20.4 Å². The fourth-order valence-electron chi connectivity index (χ4n) is 2.14. The molecule has 0 fully saturated rings. The number of thiophene rings is 1. The van der Waals surface area contributed by atoms with E-state index < -0.39 is 5.60 Å². The summed E-state index contributed by atoms with van der Waals surface area (Å²) in [6.07, 6.45) is 4.12. The summed E-state index contributed by atoms with van der Waals surface area (Å²) in [5.74, 6) is 0. The Labute approximate surface area is 134 Å². The van der Waals surface area contributed by atoms with Crippen LogP contribution in [0, 0.1) is 0 Å². The van der Waals surface area contributed by atoms with Gasteiger partial charge in [0, 0.05) is 24.8 Å². The molecular formula is C15H22N4O2S. The van der Waals surface area contributed by atoms with E-state index >= 15 is 0 Å². The van der Waals surface area contributed by atoms with Crippen LogP contribution in [0.5, 0.6) is 0 Å². The molecule has 3 N–H and O–H groups in total. The average Bonchev–Trinajstić information content (AvgIpc) is 3.08. The predicted molar refractivity (Wildman–Crippen MR) is 86.8 cm³/mol. The van der Waals surface area contributed by atoms with Crippen LogP contribution < -0.4 is 10.6 Å². The number of carbonyl (C=O) groups is 1. The number of aliphatic hydroxyl groups is 1. The summed E-state index contributed by atoms with van der Waals surface area (Å²) in [5.41, 5.74) is 0.726. The van der Waals surface area contributed by atoms with Crippen molar-refractivity contribution in [2.45, 2.75) is 31.9 Å². The topological polar surface area (TPSA) is 79.2 Å². The zero-order valence-electron chi connectivity index (χ0n) is 13.0. The normalized spacial score (nSPS) is 15.1. The van der Waals surface area contributed by atoms with Gasteiger partial charge in [-0.15, -0.1) is 0 Å². The van der Waals surface area contributed by atoms with Crippen molar-refractivity contribution in [2.75, 3.05) is 6.54 Å². The largest absolute Gasteiger partial charge is 0.383 e. The molecule has 2 aromatic rings. The Morgan fingerprint density at radius 1 is 1.59 bits per heavy atom. The van der Waals surface area contributed by atoms with Crippen LogP contribution in [0.3, 0.4) is 0 Å². The van der Waals surface area contributed by atoms with Gasteiger partial charge in [-0.2, -0.15) is 16.4 Å². The van der Waals surface area contributed by atoms with Gasteiger partial charge < -0.3 is 15.7 Å². The highest BCUT2D eigenvalue weighted by Crippen LogP contribution is 2.18. The molecule has 2 aromatic heterocycles. The van der Waals surface area contributed by atoms with E-state index in [1.807, 2.05) is 18.4 Å². The fraction of sp³-hybridized carbons (Fsp3) is 0.467. The van der Waals surface area contributed by atoms with E-state index in [9.17, 15) is 9.90 Å². The number of urea groups is 1. The van der Waals surface area contributed by atoms with Gasteiger partial charge in [-0.3, -0.25) is 4.68 Å². The zero-order chi connectivity index (χ0) is 16.2. The third kappa shape index (κ3) is 4.57. The first-order valence-corrected chi connectivity index (χ1v) is 8.08. The van der Waals surface area contributed by atoms with Gasteiger partial charge in [-0.1, -0.05) is 0 Å². The number of hydrogen-bond acceptors (Lipinski definition) is 4. The third-order valence-corrected chi connectivity index (χ3v) is 4.15. The summed E-state index contributed by atoms with van der Waals surface area (Å²) in [6.45, 7) is 3.73. The molecule has 7 heteroatoms. The Morgan fingerprint density at radius 3 is 2.95 bits per heavy atom. The Morgan fingerprint density at radius 2 is 2.36 bits per heavy atom. The minimum atomic E-state index is -1.15. The quantitative estimate of drug-likeness (QED) is 0.756. The zero-order valence-corrected chi connectivity index (χ0v) is 13.9. The molecule has 0 saturated heterocycles. The lowest BCUT2D eigenvalue weighted by atomic mass is 10.00. The van der Waals surface area contributed by atoms with Crippen LogP contribution in [0.4, 0.5) is 4.79 Å². The molecular weight excluding hydrogens is 300 g/mol. The number of carbonyl (C=O) groups excluding carboxylic acids is 1. The van der Waals surface area contributed by atoms with Crippen molar-refractivity contribution < 1.29 is 9.90 Å². The van der Waals surface area contributed by atoms with Crippen molar-refractivity contribution in [3.05, 3.63) is 40.3 Å². The molecule has 2 amide bonds. The number of nitrogens with one attached hydrogen (secondary N) is 2. The van der Waals surface area contributed by atoms with Crippen LogP contribution in [0.2, 0.25) is 0 Å². The summed E-state index contributed by atoms with van der Waals surface area (Å²) in [7, 11) is 1.78. The minimum Gasteiger partial charge on any atom is -0.383 e. The SMILES string of the molecule is C[C@@H](Cc1ccsc1)NC(=O)NC[C@](C)(O)c1cnn(C)c1. The van der Waals surface area contributed by atoms with Gasteiger partial charge in [0.15, 0.2) is 0 Å². The van der Waals surface area contributed by atoms with Crippen LogP contribution in [-0.4, -0.2) is 33.5 Å². The second-order valence-corrected chi connectivity index (χ2v) is 6.52. The van der Waals surface area contributed by atoms with Gasteiger partial charge in [0.05, 0.1) is 12.7 Å². The summed E-state index contributed by atoms with van der Waals surface area (Å²) in [6, 6.07) is 1.79. The van der Waals surface area contributed by atoms with Crippen LogP contribution in [0.1, 0.15) is 25.0 Å². The first-order valence-electron chi connectivity index (χ1n) is 7.14. The molecule has 0 radical (unpaired) electrons. The second-order valence-electron chi connectivity index (χ2n) is 5.74. The monoisotopic (exact) mass is 322 g/mol. The Balaban J connectivity index is 1.79. The maximum absolute atomic E-state index is 11.9. The lowest BCUT2D eigenvalue weighted by molar-refractivity contribution is 0.0592. The number of hydrogen-bond donors (Lipinski definition) is 3. The average molecular weight is 322 g/mol. The van der Waals surface area contributed by atoms with Crippen molar-refractivity contribution >= 4 is 17.4 Å². The van der Waals surface area contributed by atoms with E-state index in [-0.39, 0.29) is 18.6 Å². The lowest BCUT2D eigenvalue weighted by Gasteiger charge is -2.23. The van der Waals surface area contributed by atoms with Gasteiger partial charge in [0.1, 0.15) is 5.60 Å². The highest BCUT2D eigenvalue weighted by molar-refractivity contribution is 7.07. The maximum atomic E-state index is 11.9. The molecule has 0 saturated carbocycles. The fourth-order valence-corrected chi connectivity index (χ4v) is 2.82. The molecule has 0 aliphatic rings.